The van der Waals surface area contributed by atoms with Crippen molar-refractivity contribution in [3.63, 3.8) is 0 Å². The maximum Gasteiger partial charge on any atom is 0.164 e. The van der Waals surface area contributed by atoms with E-state index in [4.69, 9.17) is 19.9 Å². The standard InChI is InChI=1S/C58H37N5/c1-5-15-41(16-6-1)55-51-37-54-50(36-49(51)47-23-13-14-24-52(47)59-55)48-34-33-45(35-53(48)63(54)46-21-11-4-12-22-46)40-27-25-38(26-28-40)39-29-31-44(32-30-39)58-61-56(42-17-7-2-8-18-42)60-57(62-58)43-19-9-3-10-20-43/h1-37H. The SMILES string of the molecule is c1ccc(-c2nc(-c3ccccc3)nc(-c3ccc(-c4ccc(-c5ccc6c7cc8c(cc7n(-c7ccccc7)c6c5)c(-c5ccccc5)nc5ccccc58)cc4)cc3)n2)cc1. The number of pyridine rings is 1. The molecule has 12 rings (SSSR count). The molecule has 0 aliphatic rings. The van der Waals surface area contributed by atoms with Gasteiger partial charge in [0.05, 0.1) is 22.2 Å². The minimum atomic E-state index is 0.641. The maximum absolute atomic E-state index is 5.25. The van der Waals surface area contributed by atoms with Gasteiger partial charge in [-0.15, -0.1) is 0 Å². The van der Waals surface area contributed by atoms with Gasteiger partial charge in [0.1, 0.15) is 0 Å². The monoisotopic (exact) mass is 803 g/mol. The summed E-state index contributed by atoms with van der Waals surface area (Å²) in [5.74, 6) is 1.94. The number of fused-ring (bicyclic) bond motifs is 6. The Balaban J connectivity index is 0.930. The van der Waals surface area contributed by atoms with Crippen molar-refractivity contribution in [1.82, 2.24) is 24.5 Å². The van der Waals surface area contributed by atoms with Crippen LogP contribution in [-0.2, 0) is 0 Å². The normalized spacial score (nSPS) is 11.5. The third kappa shape index (κ3) is 6.51. The summed E-state index contributed by atoms with van der Waals surface area (Å²) in [6.45, 7) is 0. The van der Waals surface area contributed by atoms with Gasteiger partial charge in [0.25, 0.3) is 0 Å². The van der Waals surface area contributed by atoms with Crippen LogP contribution in [0.3, 0.4) is 0 Å². The van der Waals surface area contributed by atoms with Crippen LogP contribution in [0.5, 0.6) is 0 Å². The second-order valence-corrected chi connectivity index (χ2v) is 15.9. The Morgan fingerprint density at radius 1 is 0.254 bits per heavy atom. The number of rotatable bonds is 7. The molecule has 5 nitrogen and oxygen atoms in total. The molecule has 3 heterocycles. The zero-order valence-electron chi connectivity index (χ0n) is 34.1. The molecule has 5 heteroatoms. The van der Waals surface area contributed by atoms with Crippen LogP contribution in [0.15, 0.2) is 224 Å². The Kier molecular flexibility index (Phi) is 8.75. The van der Waals surface area contributed by atoms with E-state index in [1.807, 2.05) is 60.7 Å². The quantitative estimate of drug-likeness (QED) is 0.151. The average molecular weight is 804 g/mol. The van der Waals surface area contributed by atoms with E-state index in [0.717, 1.165) is 83.2 Å². The first-order valence-corrected chi connectivity index (χ1v) is 21.2. The molecule has 12 aromatic rings. The molecule has 294 valence electrons. The molecule has 9 aromatic carbocycles. The summed E-state index contributed by atoms with van der Waals surface area (Å²) in [6, 6.07) is 78.9. The molecule has 0 atom stereocenters. The van der Waals surface area contributed by atoms with Crippen molar-refractivity contribution in [2.24, 2.45) is 0 Å². The summed E-state index contributed by atoms with van der Waals surface area (Å²) >= 11 is 0. The van der Waals surface area contributed by atoms with E-state index in [1.54, 1.807) is 0 Å². The highest BCUT2D eigenvalue weighted by molar-refractivity contribution is 6.20. The van der Waals surface area contributed by atoms with Crippen LogP contribution in [0, 0.1) is 0 Å². The highest BCUT2D eigenvalue weighted by Crippen LogP contribution is 2.41. The number of hydrogen-bond acceptors (Lipinski definition) is 4. The van der Waals surface area contributed by atoms with Gasteiger partial charge in [-0.2, -0.15) is 0 Å². The van der Waals surface area contributed by atoms with E-state index in [2.05, 4.69) is 168 Å². The van der Waals surface area contributed by atoms with E-state index in [0.29, 0.717) is 17.5 Å². The summed E-state index contributed by atoms with van der Waals surface area (Å²) in [7, 11) is 0. The third-order valence-corrected chi connectivity index (χ3v) is 12.0. The van der Waals surface area contributed by atoms with Crippen LogP contribution < -0.4 is 0 Å². The first kappa shape index (κ1) is 36.3. The Labute approximate surface area is 364 Å². The van der Waals surface area contributed by atoms with Crippen molar-refractivity contribution in [3.8, 4) is 73.4 Å². The Morgan fingerprint density at radius 3 is 1.29 bits per heavy atom. The Morgan fingerprint density at radius 2 is 0.698 bits per heavy atom. The average Bonchev–Trinajstić information content (AvgIpc) is 3.69. The summed E-state index contributed by atoms with van der Waals surface area (Å²) in [4.78, 5) is 19.9. The van der Waals surface area contributed by atoms with E-state index >= 15 is 0 Å². The van der Waals surface area contributed by atoms with Gasteiger partial charge in [0.15, 0.2) is 17.5 Å². The smallest absolute Gasteiger partial charge is 0.164 e. The molecule has 63 heavy (non-hydrogen) atoms. The minimum absolute atomic E-state index is 0.641. The molecule has 0 unspecified atom stereocenters. The fourth-order valence-corrected chi connectivity index (χ4v) is 8.92. The molecule has 0 spiro atoms. The molecule has 0 saturated heterocycles. The lowest BCUT2D eigenvalue weighted by molar-refractivity contribution is 1.07. The maximum atomic E-state index is 5.25. The first-order valence-electron chi connectivity index (χ1n) is 21.2. The van der Waals surface area contributed by atoms with Crippen LogP contribution >= 0.6 is 0 Å². The van der Waals surface area contributed by atoms with Crippen LogP contribution in [0.4, 0.5) is 0 Å². The number of hydrogen-bond donors (Lipinski definition) is 0. The van der Waals surface area contributed by atoms with Crippen molar-refractivity contribution in [3.05, 3.63) is 224 Å². The molecule has 0 fully saturated rings. The molecule has 3 aromatic heterocycles. The lowest BCUT2D eigenvalue weighted by atomic mass is 9.97. The molecule has 0 aliphatic heterocycles. The summed E-state index contributed by atoms with van der Waals surface area (Å²) in [5.41, 5.74) is 13.9. The first-order chi connectivity index (χ1) is 31.2. The van der Waals surface area contributed by atoms with E-state index < -0.39 is 0 Å². The van der Waals surface area contributed by atoms with Crippen LogP contribution in [0.2, 0.25) is 0 Å². The van der Waals surface area contributed by atoms with Crippen molar-refractivity contribution in [2.45, 2.75) is 0 Å². The topological polar surface area (TPSA) is 56.5 Å². The number of para-hydroxylation sites is 2. The van der Waals surface area contributed by atoms with Crippen LogP contribution in [-0.4, -0.2) is 24.5 Å². The van der Waals surface area contributed by atoms with Crippen LogP contribution in [0.25, 0.3) is 117 Å². The summed E-state index contributed by atoms with van der Waals surface area (Å²) in [5, 5.41) is 5.92. The number of aromatic nitrogens is 5. The second-order valence-electron chi connectivity index (χ2n) is 15.9. The molecule has 0 radical (unpaired) electrons. The third-order valence-electron chi connectivity index (χ3n) is 12.0. The molecule has 0 aliphatic carbocycles. The minimum Gasteiger partial charge on any atom is -0.309 e. The zero-order chi connectivity index (χ0) is 41.7. The van der Waals surface area contributed by atoms with Gasteiger partial charge in [-0.3, -0.25) is 0 Å². The molecule has 0 N–H and O–H groups in total. The highest BCUT2D eigenvalue weighted by atomic mass is 15.0. The Hall–Kier alpha value is -8.54. The van der Waals surface area contributed by atoms with Crippen molar-refractivity contribution in [1.29, 1.82) is 0 Å². The largest absolute Gasteiger partial charge is 0.309 e. The predicted molar refractivity (Wildman–Crippen MR) is 260 cm³/mol. The number of nitrogens with zero attached hydrogens (tertiary/aromatic N) is 5. The Bertz CT molecular complexity index is 3570. The van der Waals surface area contributed by atoms with Gasteiger partial charge in [-0.25, -0.2) is 19.9 Å². The molecular formula is C58H37N5. The summed E-state index contributed by atoms with van der Waals surface area (Å²) in [6.07, 6.45) is 0. The lowest BCUT2D eigenvalue weighted by Gasteiger charge is -2.12. The lowest BCUT2D eigenvalue weighted by Crippen LogP contribution is -2.00. The summed E-state index contributed by atoms with van der Waals surface area (Å²) < 4.78 is 2.41. The van der Waals surface area contributed by atoms with Gasteiger partial charge in [0, 0.05) is 49.5 Å². The predicted octanol–water partition coefficient (Wildman–Crippen LogP) is 14.7. The fraction of sp³-hybridized carbons (Fsp3) is 0. The van der Waals surface area contributed by atoms with E-state index in [9.17, 15) is 0 Å². The van der Waals surface area contributed by atoms with E-state index in [-0.39, 0.29) is 0 Å². The van der Waals surface area contributed by atoms with Gasteiger partial charge >= 0.3 is 0 Å². The van der Waals surface area contributed by atoms with Gasteiger partial charge < -0.3 is 4.57 Å². The molecule has 0 amide bonds. The van der Waals surface area contributed by atoms with Gasteiger partial charge in [-0.1, -0.05) is 188 Å². The van der Waals surface area contributed by atoms with Crippen molar-refractivity contribution in [2.75, 3.05) is 0 Å². The fourth-order valence-electron chi connectivity index (χ4n) is 8.92. The number of benzene rings is 9. The highest BCUT2D eigenvalue weighted by Gasteiger charge is 2.19. The van der Waals surface area contributed by atoms with Gasteiger partial charge in [-0.05, 0) is 64.0 Å². The van der Waals surface area contributed by atoms with Crippen molar-refractivity contribution >= 4 is 43.5 Å². The van der Waals surface area contributed by atoms with Crippen molar-refractivity contribution < 1.29 is 0 Å². The van der Waals surface area contributed by atoms with Gasteiger partial charge in [0.2, 0.25) is 0 Å². The molecule has 0 saturated carbocycles. The van der Waals surface area contributed by atoms with E-state index in [1.165, 1.54) is 16.2 Å². The zero-order valence-corrected chi connectivity index (χ0v) is 34.1. The second kappa shape index (κ2) is 15.2. The molecule has 0 bridgehead atoms. The van der Waals surface area contributed by atoms with Crippen LogP contribution in [0.1, 0.15) is 0 Å². The molecular weight excluding hydrogens is 767 g/mol.